The van der Waals surface area contributed by atoms with E-state index in [1.165, 1.54) is 42.4 Å². The third-order valence-electron chi connectivity index (χ3n) is 6.60. The third-order valence-corrected chi connectivity index (χ3v) is 6.60. The van der Waals surface area contributed by atoms with Crippen molar-refractivity contribution in [3.63, 3.8) is 0 Å². The summed E-state index contributed by atoms with van der Waals surface area (Å²) in [4.78, 5) is 14.6. The molecule has 0 spiro atoms. The molecule has 0 radical (unpaired) electrons. The quantitative estimate of drug-likeness (QED) is 0.579. The molecule has 1 atom stereocenters. The van der Waals surface area contributed by atoms with Crippen molar-refractivity contribution >= 4 is 11.7 Å². The molecule has 33 heavy (non-hydrogen) atoms. The minimum atomic E-state index is -0.490. The second-order valence-electron chi connectivity index (χ2n) is 10.8. The van der Waals surface area contributed by atoms with Crippen molar-refractivity contribution in [3.05, 3.63) is 64.7 Å². The molecule has 2 aromatic carbocycles. The van der Waals surface area contributed by atoms with Crippen molar-refractivity contribution in [2.45, 2.75) is 76.7 Å². The van der Waals surface area contributed by atoms with Crippen molar-refractivity contribution in [2.75, 3.05) is 24.6 Å². The maximum atomic E-state index is 12.3. The number of morpholine rings is 1. The molecular weight excluding hydrogens is 412 g/mol. The van der Waals surface area contributed by atoms with Gasteiger partial charge in [-0.25, -0.2) is 4.79 Å². The Balaban J connectivity index is 1.19. The van der Waals surface area contributed by atoms with Gasteiger partial charge in [0, 0.05) is 18.8 Å². The van der Waals surface area contributed by atoms with Crippen LogP contribution >= 0.6 is 0 Å². The van der Waals surface area contributed by atoms with Crippen LogP contribution in [0.3, 0.4) is 0 Å². The first-order chi connectivity index (χ1) is 15.8. The van der Waals surface area contributed by atoms with Crippen LogP contribution in [0.15, 0.2) is 42.5 Å². The van der Waals surface area contributed by atoms with E-state index in [9.17, 15) is 4.79 Å². The predicted octanol–water partition coefficient (Wildman–Crippen LogP) is 5.35. The van der Waals surface area contributed by atoms with E-state index < -0.39 is 5.60 Å². The topological polar surface area (TPSA) is 50.8 Å². The first-order valence-corrected chi connectivity index (χ1v) is 12.4. The van der Waals surface area contributed by atoms with Crippen LogP contribution < -0.4 is 10.2 Å². The van der Waals surface area contributed by atoms with Crippen LogP contribution in [-0.4, -0.2) is 37.5 Å². The van der Waals surface area contributed by atoms with Crippen LogP contribution in [0.25, 0.3) is 0 Å². The van der Waals surface area contributed by atoms with E-state index in [1.54, 1.807) is 0 Å². The van der Waals surface area contributed by atoms with Crippen LogP contribution in [0.4, 0.5) is 5.69 Å². The molecule has 0 aromatic heterocycles. The fourth-order valence-electron chi connectivity index (χ4n) is 4.54. The van der Waals surface area contributed by atoms with E-state index in [1.807, 2.05) is 45.0 Å². The summed E-state index contributed by atoms with van der Waals surface area (Å²) in [6.45, 7) is 8.78. The summed E-state index contributed by atoms with van der Waals surface area (Å²) in [6.07, 6.45) is 5.35. The molecule has 0 amide bonds. The third kappa shape index (κ3) is 5.96. The molecule has 1 unspecified atom stereocenters. The van der Waals surface area contributed by atoms with Gasteiger partial charge in [-0.2, -0.15) is 0 Å². The summed E-state index contributed by atoms with van der Waals surface area (Å²) in [7, 11) is 0. The van der Waals surface area contributed by atoms with Gasteiger partial charge in [-0.05, 0) is 99.2 Å². The van der Waals surface area contributed by atoms with Gasteiger partial charge in [0.25, 0.3) is 0 Å². The predicted molar refractivity (Wildman–Crippen MR) is 131 cm³/mol. The van der Waals surface area contributed by atoms with Crippen LogP contribution in [0.5, 0.6) is 0 Å². The minimum absolute atomic E-state index is 0.0155. The van der Waals surface area contributed by atoms with E-state index in [0.29, 0.717) is 12.2 Å². The Labute approximate surface area is 197 Å². The highest BCUT2D eigenvalue weighted by Crippen LogP contribution is 2.45. The highest BCUT2D eigenvalue weighted by Gasteiger charge is 2.29. The number of rotatable bonds is 7. The Morgan fingerprint density at radius 2 is 1.67 bits per heavy atom. The molecule has 2 aromatic rings. The molecule has 176 valence electrons. The fraction of sp³-hybridized carbons (Fsp3) is 0.536. The molecule has 1 N–H and O–H groups in total. The molecule has 0 bridgehead atoms. The SMILES string of the molecule is CC(C)(C)OC(=O)c1ccc(N2CCOC(NCc3cc(C4CC4)cc(C4CC4)c3)C2)cc1. The summed E-state index contributed by atoms with van der Waals surface area (Å²) < 4.78 is 11.5. The van der Waals surface area contributed by atoms with Crippen molar-refractivity contribution in [2.24, 2.45) is 0 Å². The fourth-order valence-corrected chi connectivity index (χ4v) is 4.54. The highest BCUT2D eigenvalue weighted by molar-refractivity contribution is 5.90. The number of nitrogens with zero attached hydrogens (tertiary/aromatic N) is 1. The van der Waals surface area contributed by atoms with E-state index in [2.05, 4.69) is 28.4 Å². The minimum Gasteiger partial charge on any atom is -0.456 e. The van der Waals surface area contributed by atoms with Gasteiger partial charge < -0.3 is 14.4 Å². The summed E-state index contributed by atoms with van der Waals surface area (Å²) in [5.41, 5.74) is 5.64. The maximum absolute atomic E-state index is 12.3. The normalized spacial score (nSPS) is 21.2. The Kier molecular flexibility index (Phi) is 6.19. The molecule has 1 saturated heterocycles. The van der Waals surface area contributed by atoms with Gasteiger partial charge in [0.15, 0.2) is 0 Å². The van der Waals surface area contributed by atoms with E-state index in [-0.39, 0.29) is 12.2 Å². The van der Waals surface area contributed by atoms with Crippen molar-refractivity contribution in [1.82, 2.24) is 5.32 Å². The number of carbonyl (C=O) groups excluding carboxylic acids is 1. The summed E-state index contributed by atoms with van der Waals surface area (Å²) in [5.74, 6) is 1.29. The average Bonchev–Trinajstić information content (AvgIpc) is 3.70. The summed E-state index contributed by atoms with van der Waals surface area (Å²) in [5, 5.41) is 3.63. The number of benzene rings is 2. The monoisotopic (exact) mass is 448 g/mol. The number of hydrogen-bond donors (Lipinski definition) is 1. The molecule has 2 saturated carbocycles. The van der Waals surface area contributed by atoms with Crippen molar-refractivity contribution in [1.29, 1.82) is 0 Å². The second-order valence-corrected chi connectivity index (χ2v) is 10.8. The number of ether oxygens (including phenoxy) is 2. The van der Waals surface area contributed by atoms with Gasteiger partial charge in [0.1, 0.15) is 11.8 Å². The molecule has 5 nitrogen and oxygen atoms in total. The molecular formula is C28H36N2O3. The van der Waals surface area contributed by atoms with E-state index in [0.717, 1.165) is 37.2 Å². The highest BCUT2D eigenvalue weighted by atomic mass is 16.6. The smallest absolute Gasteiger partial charge is 0.338 e. The van der Waals surface area contributed by atoms with Gasteiger partial charge in [-0.3, -0.25) is 5.32 Å². The van der Waals surface area contributed by atoms with Gasteiger partial charge >= 0.3 is 5.97 Å². The Morgan fingerprint density at radius 3 is 2.24 bits per heavy atom. The lowest BCUT2D eigenvalue weighted by Crippen LogP contribution is -2.49. The lowest BCUT2D eigenvalue weighted by molar-refractivity contribution is 0.00690. The van der Waals surface area contributed by atoms with Crippen LogP contribution in [0.2, 0.25) is 0 Å². The maximum Gasteiger partial charge on any atom is 0.338 e. The Bertz CT molecular complexity index is 957. The Morgan fingerprint density at radius 1 is 1.03 bits per heavy atom. The van der Waals surface area contributed by atoms with Crippen molar-refractivity contribution < 1.29 is 14.3 Å². The number of esters is 1. The average molecular weight is 449 g/mol. The van der Waals surface area contributed by atoms with Gasteiger partial charge in [0.2, 0.25) is 0 Å². The van der Waals surface area contributed by atoms with Crippen LogP contribution in [-0.2, 0) is 16.0 Å². The molecule has 5 heteroatoms. The van der Waals surface area contributed by atoms with Gasteiger partial charge in [0.05, 0.1) is 18.7 Å². The van der Waals surface area contributed by atoms with Crippen LogP contribution in [0, 0.1) is 0 Å². The zero-order valence-electron chi connectivity index (χ0n) is 20.1. The lowest BCUT2D eigenvalue weighted by Gasteiger charge is -2.35. The molecule has 3 aliphatic rings. The lowest BCUT2D eigenvalue weighted by atomic mass is 10.00. The zero-order chi connectivity index (χ0) is 23.0. The summed E-state index contributed by atoms with van der Waals surface area (Å²) >= 11 is 0. The van der Waals surface area contributed by atoms with Gasteiger partial charge in [-0.15, -0.1) is 0 Å². The number of carbonyl (C=O) groups is 1. The van der Waals surface area contributed by atoms with Crippen LogP contribution in [0.1, 0.15) is 85.3 Å². The molecule has 1 heterocycles. The standard InChI is InChI=1S/C28H36N2O3/c1-28(2,3)33-27(31)22-8-10-25(11-9-22)30-12-13-32-26(18-30)29-17-19-14-23(20-4-5-20)16-24(15-19)21-6-7-21/h8-11,14-16,20-21,26,29H,4-7,12-13,17-18H2,1-3H3. The number of anilines is 1. The molecule has 1 aliphatic heterocycles. The molecule has 3 fully saturated rings. The zero-order valence-corrected chi connectivity index (χ0v) is 20.1. The number of nitrogens with one attached hydrogen (secondary N) is 1. The largest absolute Gasteiger partial charge is 0.456 e. The number of hydrogen-bond acceptors (Lipinski definition) is 5. The van der Waals surface area contributed by atoms with E-state index >= 15 is 0 Å². The van der Waals surface area contributed by atoms with Crippen molar-refractivity contribution in [3.8, 4) is 0 Å². The molecule has 5 rings (SSSR count). The Hall–Kier alpha value is -2.37. The van der Waals surface area contributed by atoms with Gasteiger partial charge in [-0.1, -0.05) is 18.2 Å². The summed E-state index contributed by atoms with van der Waals surface area (Å²) in [6, 6.07) is 15.0. The first-order valence-electron chi connectivity index (χ1n) is 12.4. The van der Waals surface area contributed by atoms with E-state index in [4.69, 9.17) is 9.47 Å². The second kappa shape index (κ2) is 9.11. The molecule has 2 aliphatic carbocycles. The first kappa shape index (κ1) is 22.4.